The Morgan fingerprint density at radius 2 is 1.97 bits per heavy atom. The number of piperidine rings is 1. The van der Waals surface area contributed by atoms with Gasteiger partial charge in [-0.25, -0.2) is 4.79 Å². The molecule has 1 aromatic rings. The van der Waals surface area contributed by atoms with E-state index in [-0.39, 0.29) is 30.5 Å². The Balaban J connectivity index is 1.70. The zero-order valence-corrected chi connectivity index (χ0v) is 17.5. The van der Waals surface area contributed by atoms with E-state index in [1.807, 2.05) is 0 Å². The van der Waals surface area contributed by atoms with E-state index in [1.54, 1.807) is 32.9 Å². The lowest BCUT2D eigenvalue weighted by atomic mass is 10.0. The number of nitrogens with one attached hydrogen (secondary N) is 2. The van der Waals surface area contributed by atoms with Crippen molar-refractivity contribution in [1.29, 1.82) is 0 Å². The standard InChI is InChI=1S/C22H23N3O6/c1-22(2,3)31-21(30)23-12-5-4-7-13-8-6-9-14-17(13)20(29)25(19(14)28)15-10-11-16(26)24-18(15)27/h6,8-9,15H,5,10-12H2,1-3H3,(H,23,30)(H,24,26,27). The van der Waals surface area contributed by atoms with Crippen LogP contribution in [-0.2, 0) is 14.3 Å². The van der Waals surface area contributed by atoms with Gasteiger partial charge in [0.1, 0.15) is 11.6 Å². The van der Waals surface area contributed by atoms with Crippen LogP contribution in [0.25, 0.3) is 0 Å². The third-order valence-corrected chi connectivity index (χ3v) is 4.61. The normalized spacial score (nSPS) is 18.2. The smallest absolute Gasteiger partial charge is 0.407 e. The van der Waals surface area contributed by atoms with Crippen molar-refractivity contribution in [3.8, 4) is 11.8 Å². The third kappa shape index (κ3) is 4.91. The van der Waals surface area contributed by atoms with Gasteiger partial charge in [-0.2, -0.15) is 0 Å². The number of carbonyl (C=O) groups is 5. The Morgan fingerprint density at radius 3 is 2.65 bits per heavy atom. The van der Waals surface area contributed by atoms with Gasteiger partial charge in [-0.1, -0.05) is 17.9 Å². The molecule has 9 nitrogen and oxygen atoms in total. The first-order valence-electron chi connectivity index (χ1n) is 9.89. The number of ether oxygens (including phenoxy) is 1. The van der Waals surface area contributed by atoms with E-state index in [4.69, 9.17) is 4.74 Å². The molecule has 1 fully saturated rings. The Morgan fingerprint density at radius 1 is 1.23 bits per heavy atom. The number of fused-ring (bicyclic) bond motifs is 1. The van der Waals surface area contributed by atoms with Gasteiger partial charge in [0.2, 0.25) is 11.8 Å². The molecule has 9 heteroatoms. The van der Waals surface area contributed by atoms with Gasteiger partial charge in [0.15, 0.2) is 0 Å². The molecule has 1 saturated heterocycles. The molecule has 0 saturated carbocycles. The number of nitrogens with zero attached hydrogens (tertiary/aromatic N) is 1. The van der Waals surface area contributed by atoms with Crippen LogP contribution in [0.5, 0.6) is 0 Å². The van der Waals surface area contributed by atoms with Crippen LogP contribution in [0.3, 0.4) is 0 Å². The molecule has 0 bridgehead atoms. The minimum atomic E-state index is -1.02. The highest BCUT2D eigenvalue weighted by Gasteiger charge is 2.45. The number of hydrogen-bond donors (Lipinski definition) is 2. The Labute approximate surface area is 179 Å². The number of amides is 5. The predicted molar refractivity (Wildman–Crippen MR) is 109 cm³/mol. The zero-order valence-electron chi connectivity index (χ0n) is 17.5. The van der Waals surface area contributed by atoms with E-state index in [1.165, 1.54) is 6.07 Å². The number of hydrogen-bond acceptors (Lipinski definition) is 6. The van der Waals surface area contributed by atoms with Crippen LogP contribution in [0.2, 0.25) is 0 Å². The largest absolute Gasteiger partial charge is 0.444 e. The first-order chi connectivity index (χ1) is 14.6. The molecule has 2 heterocycles. The van der Waals surface area contributed by atoms with E-state index in [9.17, 15) is 24.0 Å². The number of carbonyl (C=O) groups excluding carboxylic acids is 5. The van der Waals surface area contributed by atoms with Crippen molar-refractivity contribution in [2.24, 2.45) is 0 Å². The monoisotopic (exact) mass is 425 g/mol. The average Bonchev–Trinajstić information content (AvgIpc) is 2.92. The van der Waals surface area contributed by atoms with Crippen LogP contribution in [-0.4, -0.2) is 52.8 Å². The minimum absolute atomic E-state index is 0.0567. The fourth-order valence-corrected chi connectivity index (χ4v) is 3.32. The maximum Gasteiger partial charge on any atom is 0.407 e. The molecule has 162 valence electrons. The van der Waals surface area contributed by atoms with Gasteiger partial charge in [-0.3, -0.25) is 29.4 Å². The first-order valence-corrected chi connectivity index (χ1v) is 9.89. The van der Waals surface area contributed by atoms with Crippen LogP contribution in [0.1, 0.15) is 66.3 Å². The molecule has 1 aromatic carbocycles. The van der Waals surface area contributed by atoms with Crippen LogP contribution >= 0.6 is 0 Å². The molecule has 0 aromatic heterocycles. The van der Waals surface area contributed by atoms with Gasteiger partial charge >= 0.3 is 6.09 Å². The summed E-state index contributed by atoms with van der Waals surface area (Å²) in [5, 5.41) is 4.75. The molecular weight excluding hydrogens is 402 g/mol. The lowest BCUT2D eigenvalue weighted by Gasteiger charge is -2.27. The summed E-state index contributed by atoms with van der Waals surface area (Å²) >= 11 is 0. The molecule has 1 unspecified atom stereocenters. The van der Waals surface area contributed by atoms with Crippen molar-refractivity contribution in [2.75, 3.05) is 6.54 Å². The minimum Gasteiger partial charge on any atom is -0.444 e. The highest BCUT2D eigenvalue weighted by Crippen LogP contribution is 2.29. The summed E-state index contributed by atoms with van der Waals surface area (Å²) in [5.74, 6) is 3.46. The summed E-state index contributed by atoms with van der Waals surface area (Å²) in [5.41, 5.74) is 0.0860. The lowest BCUT2D eigenvalue weighted by Crippen LogP contribution is -2.54. The number of alkyl carbamates (subject to hydrolysis) is 1. The van der Waals surface area contributed by atoms with E-state index in [2.05, 4.69) is 22.5 Å². The first kappa shape index (κ1) is 22.0. The molecule has 0 radical (unpaired) electrons. The molecule has 5 amide bonds. The van der Waals surface area contributed by atoms with E-state index >= 15 is 0 Å². The summed E-state index contributed by atoms with van der Waals surface area (Å²) < 4.78 is 5.13. The predicted octanol–water partition coefficient (Wildman–Crippen LogP) is 1.35. The van der Waals surface area contributed by atoms with Crippen molar-refractivity contribution >= 4 is 29.7 Å². The molecular formula is C22H23N3O6. The average molecular weight is 425 g/mol. The second-order valence-electron chi connectivity index (χ2n) is 8.16. The van der Waals surface area contributed by atoms with Crippen LogP contribution < -0.4 is 10.6 Å². The number of benzene rings is 1. The number of rotatable bonds is 3. The van der Waals surface area contributed by atoms with Gasteiger partial charge in [0.05, 0.1) is 11.1 Å². The SMILES string of the molecule is CC(C)(C)OC(=O)NCCC#Cc1cccc2c1C(=O)N(C1CCC(=O)NC1=O)C2=O. The van der Waals surface area contributed by atoms with Gasteiger partial charge in [0, 0.05) is 24.9 Å². The van der Waals surface area contributed by atoms with E-state index in [0.29, 0.717) is 12.0 Å². The summed E-state index contributed by atoms with van der Waals surface area (Å²) in [6.07, 6.45) is -0.0909. The topological polar surface area (TPSA) is 122 Å². The van der Waals surface area contributed by atoms with Crippen molar-refractivity contribution in [3.63, 3.8) is 0 Å². The van der Waals surface area contributed by atoms with Gasteiger partial charge in [-0.05, 0) is 39.3 Å². The van der Waals surface area contributed by atoms with Crippen LogP contribution in [0.4, 0.5) is 4.79 Å². The van der Waals surface area contributed by atoms with Crippen molar-refractivity contribution in [1.82, 2.24) is 15.5 Å². The molecule has 2 aliphatic heterocycles. The molecule has 3 rings (SSSR count). The van der Waals surface area contributed by atoms with Gasteiger partial charge in [-0.15, -0.1) is 0 Å². The summed E-state index contributed by atoms with van der Waals surface area (Å²) in [6.45, 7) is 5.54. The molecule has 2 N–H and O–H groups in total. The highest BCUT2D eigenvalue weighted by atomic mass is 16.6. The fraction of sp³-hybridized carbons (Fsp3) is 0.409. The lowest BCUT2D eigenvalue weighted by molar-refractivity contribution is -0.136. The molecule has 0 aliphatic carbocycles. The fourth-order valence-electron chi connectivity index (χ4n) is 3.32. The van der Waals surface area contributed by atoms with Crippen molar-refractivity contribution in [3.05, 3.63) is 34.9 Å². The van der Waals surface area contributed by atoms with Gasteiger partial charge < -0.3 is 10.1 Å². The maximum absolute atomic E-state index is 13.0. The van der Waals surface area contributed by atoms with Crippen LogP contribution in [0, 0.1) is 11.8 Å². The molecule has 0 spiro atoms. The second kappa shape index (κ2) is 8.60. The Kier molecular flexibility index (Phi) is 6.11. The van der Waals surface area contributed by atoms with E-state index in [0.717, 1.165) is 4.90 Å². The molecule has 2 aliphatic rings. The molecule has 1 atom stereocenters. The summed E-state index contributed by atoms with van der Waals surface area (Å²) in [7, 11) is 0. The van der Waals surface area contributed by atoms with E-state index < -0.39 is 41.4 Å². The summed E-state index contributed by atoms with van der Waals surface area (Å²) in [6, 6.07) is 3.72. The van der Waals surface area contributed by atoms with Crippen LogP contribution in [0.15, 0.2) is 18.2 Å². The maximum atomic E-state index is 13.0. The third-order valence-electron chi connectivity index (χ3n) is 4.61. The van der Waals surface area contributed by atoms with Gasteiger partial charge in [0.25, 0.3) is 11.8 Å². The zero-order chi connectivity index (χ0) is 22.8. The van der Waals surface area contributed by atoms with Crippen molar-refractivity contribution in [2.45, 2.75) is 51.7 Å². The Hall–Kier alpha value is -3.67. The molecule has 31 heavy (non-hydrogen) atoms. The second-order valence-corrected chi connectivity index (χ2v) is 8.16. The van der Waals surface area contributed by atoms with Crippen molar-refractivity contribution < 1.29 is 28.7 Å². The Bertz CT molecular complexity index is 1030. The highest BCUT2D eigenvalue weighted by molar-refractivity contribution is 6.24. The summed E-state index contributed by atoms with van der Waals surface area (Å²) in [4.78, 5) is 61.8. The quantitative estimate of drug-likeness (QED) is 0.428. The number of imide groups is 2.